The largest absolute Gasteiger partial charge is 0.356 e. The van der Waals surface area contributed by atoms with Crippen LogP contribution in [0, 0.1) is 5.92 Å². The molecule has 2 aliphatic rings. The highest BCUT2D eigenvalue weighted by Crippen LogP contribution is 2.32. The van der Waals surface area contributed by atoms with Crippen LogP contribution in [0.2, 0.25) is 0 Å². The number of piperidine rings is 1. The van der Waals surface area contributed by atoms with Crippen molar-refractivity contribution in [2.75, 3.05) is 19.6 Å². The molecular formula is C14H26N2O3S. The first-order chi connectivity index (χ1) is 9.54. The van der Waals surface area contributed by atoms with Crippen molar-refractivity contribution in [3.63, 3.8) is 0 Å². The van der Waals surface area contributed by atoms with Crippen molar-refractivity contribution in [1.29, 1.82) is 0 Å². The summed E-state index contributed by atoms with van der Waals surface area (Å²) in [6.45, 7) is 4.01. The maximum Gasteiger partial charge on any atom is 0.220 e. The molecule has 1 aliphatic heterocycles. The molecule has 0 aromatic carbocycles. The lowest BCUT2D eigenvalue weighted by atomic mass is 9.98. The summed E-state index contributed by atoms with van der Waals surface area (Å²) in [7, 11) is -3.01. The first-order valence-corrected chi connectivity index (χ1v) is 9.30. The zero-order chi connectivity index (χ0) is 14.6. The lowest BCUT2D eigenvalue weighted by Gasteiger charge is -2.31. The molecule has 0 spiro atoms. The third-order valence-electron chi connectivity index (χ3n) is 4.22. The van der Waals surface area contributed by atoms with E-state index in [0.717, 1.165) is 38.5 Å². The van der Waals surface area contributed by atoms with E-state index in [4.69, 9.17) is 0 Å². The van der Waals surface area contributed by atoms with E-state index in [1.54, 1.807) is 4.31 Å². The second-order valence-corrected chi connectivity index (χ2v) is 8.21. The number of sulfonamides is 1. The van der Waals surface area contributed by atoms with Gasteiger partial charge in [-0.15, -0.1) is 0 Å². The number of carbonyl (C=O) groups is 1. The molecule has 0 atom stereocenters. The summed E-state index contributed by atoms with van der Waals surface area (Å²) < 4.78 is 25.8. The second-order valence-electron chi connectivity index (χ2n) is 5.99. The van der Waals surface area contributed by atoms with Gasteiger partial charge >= 0.3 is 0 Å². The minimum absolute atomic E-state index is 0.104. The van der Waals surface area contributed by atoms with E-state index < -0.39 is 10.0 Å². The van der Waals surface area contributed by atoms with Gasteiger partial charge in [-0.25, -0.2) is 12.7 Å². The molecule has 2 fully saturated rings. The highest BCUT2D eigenvalue weighted by Gasteiger charge is 2.41. The lowest BCUT2D eigenvalue weighted by Crippen LogP contribution is -2.42. The SMILES string of the molecule is CCCCC(=O)NCC1CCN(S(=O)(=O)C2CC2)CC1. The summed E-state index contributed by atoms with van der Waals surface area (Å²) in [6.07, 6.45) is 5.95. The number of hydrogen-bond acceptors (Lipinski definition) is 3. The van der Waals surface area contributed by atoms with E-state index in [9.17, 15) is 13.2 Å². The van der Waals surface area contributed by atoms with Gasteiger partial charge < -0.3 is 5.32 Å². The maximum atomic E-state index is 12.1. The van der Waals surface area contributed by atoms with Crippen LogP contribution in [0.15, 0.2) is 0 Å². The summed E-state index contributed by atoms with van der Waals surface area (Å²) >= 11 is 0. The van der Waals surface area contributed by atoms with Crippen LogP contribution in [0.3, 0.4) is 0 Å². The fourth-order valence-electron chi connectivity index (χ4n) is 2.63. The van der Waals surface area contributed by atoms with Crippen LogP contribution in [0.1, 0.15) is 51.9 Å². The Balaban J connectivity index is 1.68. The summed E-state index contributed by atoms with van der Waals surface area (Å²) in [5.41, 5.74) is 0. The lowest BCUT2D eigenvalue weighted by molar-refractivity contribution is -0.121. The third kappa shape index (κ3) is 4.19. The van der Waals surface area contributed by atoms with Crippen LogP contribution >= 0.6 is 0 Å². The normalized spacial score (nSPS) is 21.9. The first-order valence-electron chi connectivity index (χ1n) is 7.79. The summed E-state index contributed by atoms with van der Waals surface area (Å²) in [5.74, 6) is 0.547. The predicted octanol–water partition coefficient (Wildman–Crippen LogP) is 1.50. The molecule has 5 nitrogen and oxygen atoms in total. The Labute approximate surface area is 122 Å². The topological polar surface area (TPSA) is 66.5 Å². The van der Waals surface area contributed by atoms with Gasteiger partial charge in [-0.3, -0.25) is 4.79 Å². The molecule has 2 rings (SSSR count). The van der Waals surface area contributed by atoms with E-state index in [0.29, 0.717) is 32.0 Å². The molecule has 1 amide bonds. The Kier molecular flexibility index (Phi) is 5.43. The Bertz CT molecular complexity index is 424. The fourth-order valence-corrected chi connectivity index (χ4v) is 4.50. The minimum Gasteiger partial charge on any atom is -0.356 e. The average Bonchev–Trinajstić information content (AvgIpc) is 3.28. The number of nitrogens with one attached hydrogen (secondary N) is 1. The van der Waals surface area contributed by atoms with E-state index in [1.165, 1.54) is 0 Å². The van der Waals surface area contributed by atoms with E-state index in [-0.39, 0.29) is 11.2 Å². The van der Waals surface area contributed by atoms with Crippen molar-refractivity contribution < 1.29 is 13.2 Å². The molecule has 0 aromatic heterocycles. The van der Waals surface area contributed by atoms with Crippen LogP contribution in [0.25, 0.3) is 0 Å². The van der Waals surface area contributed by atoms with Crippen molar-refractivity contribution >= 4 is 15.9 Å². The number of nitrogens with zero attached hydrogens (tertiary/aromatic N) is 1. The van der Waals surface area contributed by atoms with E-state index >= 15 is 0 Å². The smallest absolute Gasteiger partial charge is 0.220 e. The number of hydrogen-bond donors (Lipinski definition) is 1. The highest BCUT2D eigenvalue weighted by molar-refractivity contribution is 7.90. The van der Waals surface area contributed by atoms with Gasteiger partial charge in [0.1, 0.15) is 0 Å². The van der Waals surface area contributed by atoms with Gasteiger partial charge in [0, 0.05) is 26.1 Å². The Morgan fingerprint density at radius 1 is 1.20 bits per heavy atom. The van der Waals surface area contributed by atoms with Crippen LogP contribution in [-0.4, -0.2) is 43.5 Å². The molecule has 0 aromatic rings. The number of unbranched alkanes of at least 4 members (excludes halogenated alkanes) is 1. The maximum absolute atomic E-state index is 12.1. The van der Waals surface area contributed by atoms with Crippen molar-refractivity contribution in [2.24, 2.45) is 5.92 Å². The number of rotatable bonds is 7. The summed E-state index contributed by atoms with van der Waals surface area (Å²) in [6, 6.07) is 0. The van der Waals surface area contributed by atoms with Crippen LogP contribution in [0.4, 0.5) is 0 Å². The molecule has 0 bridgehead atoms. The quantitative estimate of drug-likeness (QED) is 0.775. The Morgan fingerprint density at radius 3 is 2.40 bits per heavy atom. The standard InChI is InChI=1S/C14H26N2O3S/c1-2-3-4-14(17)15-11-12-7-9-16(10-8-12)20(18,19)13-5-6-13/h12-13H,2-11H2,1H3,(H,15,17). The molecule has 1 N–H and O–H groups in total. The zero-order valence-electron chi connectivity index (χ0n) is 12.3. The molecule has 1 aliphatic carbocycles. The monoisotopic (exact) mass is 302 g/mol. The van der Waals surface area contributed by atoms with Gasteiger partial charge in [-0.1, -0.05) is 13.3 Å². The number of amides is 1. The molecule has 0 unspecified atom stereocenters. The summed E-state index contributed by atoms with van der Waals surface area (Å²) in [5, 5.41) is 2.87. The fraction of sp³-hybridized carbons (Fsp3) is 0.929. The molecule has 0 radical (unpaired) electrons. The first kappa shape index (κ1) is 15.8. The molecule has 20 heavy (non-hydrogen) atoms. The van der Waals surface area contributed by atoms with Crippen LogP contribution in [0.5, 0.6) is 0 Å². The Morgan fingerprint density at radius 2 is 1.85 bits per heavy atom. The molecule has 1 saturated heterocycles. The van der Waals surface area contributed by atoms with E-state index in [1.807, 2.05) is 0 Å². The van der Waals surface area contributed by atoms with Crippen molar-refractivity contribution in [1.82, 2.24) is 9.62 Å². The van der Waals surface area contributed by atoms with Crippen molar-refractivity contribution in [3.05, 3.63) is 0 Å². The van der Waals surface area contributed by atoms with Gasteiger partial charge in [0.25, 0.3) is 0 Å². The molecule has 6 heteroatoms. The summed E-state index contributed by atoms with van der Waals surface area (Å²) in [4.78, 5) is 11.5. The Hall–Kier alpha value is -0.620. The number of carbonyl (C=O) groups excluding carboxylic acids is 1. The van der Waals surface area contributed by atoms with Crippen molar-refractivity contribution in [3.8, 4) is 0 Å². The van der Waals surface area contributed by atoms with E-state index in [2.05, 4.69) is 12.2 Å². The molecular weight excluding hydrogens is 276 g/mol. The minimum atomic E-state index is -3.01. The highest BCUT2D eigenvalue weighted by atomic mass is 32.2. The average molecular weight is 302 g/mol. The molecule has 1 saturated carbocycles. The van der Waals surface area contributed by atoms with Gasteiger partial charge in [0.15, 0.2) is 0 Å². The molecule has 116 valence electrons. The zero-order valence-corrected chi connectivity index (χ0v) is 13.1. The van der Waals surface area contributed by atoms with Crippen molar-refractivity contribution in [2.45, 2.75) is 57.1 Å². The van der Waals surface area contributed by atoms with Gasteiger partial charge in [0.2, 0.25) is 15.9 Å². The predicted molar refractivity (Wildman–Crippen MR) is 78.8 cm³/mol. The van der Waals surface area contributed by atoms with Crippen LogP contribution < -0.4 is 5.32 Å². The van der Waals surface area contributed by atoms with Gasteiger partial charge in [0.05, 0.1) is 5.25 Å². The second kappa shape index (κ2) is 6.89. The third-order valence-corrected chi connectivity index (χ3v) is 6.62. The molecule has 1 heterocycles. The van der Waals surface area contributed by atoms with Gasteiger partial charge in [-0.2, -0.15) is 0 Å². The van der Waals surface area contributed by atoms with Gasteiger partial charge in [-0.05, 0) is 38.0 Å². The van der Waals surface area contributed by atoms with Crippen LogP contribution in [-0.2, 0) is 14.8 Å².